The average molecular weight is 526 g/mol. The van der Waals surface area contributed by atoms with E-state index in [4.69, 9.17) is 20.4 Å². The Morgan fingerprint density at radius 2 is 1.17 bits per heavy atom. The van der Waals surface area contributed by atoms with Crippen LogP contribution in [-0.2, 0) is 22.7 Å². The fourth-order valence-corrected chi connectivity index (χ4v) is 4.66. The molecule has 0 saturated carbocycles. The molecule has 0 aliphatic heterocycles. The van der Waals surface area contributed by atoms with Gasteiger partial charge in [-0.25, -0.2) is 0 Å². The first-order chi connectivity index (χ1) is 17.1. The number of benzene rings is 3. The van der Waals surface area contributed by atoms with E-state index in [-0.39, 0.29) is 12.8 Å². The summed E-state index contributed by atoms with van der Waals surface area (Å²) in [5.74, 6) is 0. The summed E-state index contributed by atoms with van der Waals surface area (Å²) in [4.78, 5) is 16.2. The molecule has 0 amide bonds. The zero-order valence-electron chi connectivity index (χ0n) is 18.4. The van der Waals surface area contributed by atoms with Gasteiger partial charge in [-0.05, 0) is 94.6 Å². The minimum absolute atomic E-state index is 0.0772. The van der Waals surface area contributed by atoms with Crippen molar-refractivity contribution in [1.29, 1.82) is 0 Å². The number of aliphatic hydroxyl groups is 1. The predicted octanol–water partition coefficient (Wildman–Crippen LogP) is 3.75. The molecular formula is C22H19N7O3S3. The van der Waals surface area contributed by atoms with Crippen molar-refractivity contribution in [3.05, 3.63) is 71.3 Å². The van der Waals surface area contributed by atoms with E-state index in [1.807, 2.05) is 48.5 Å². The van der Waals surface area contributed by atoms with Crippen molar-refractivity contribution in [2.45, 2.75) is 20.1 Å². The second-order valence-electron chi connectivity index (χ2n) is 6.84. The third kappa shape index (κ3) is 7.45. The highest BCUT2D eigenvalue weighted by Gasteiger charge is 1.99. The van der Waals surface area contributed by atoms with Crippen molar-refractivity contribution >= 4 is 71.4 Å². The van der Waals surface area contributed by atoms with E-state index >= 15 is 0 Å². The van der Waals surface area contributed by atoms with E-state index in [1.165, 1.54) is 44.9 Å². The smallest absolute Gasteiger partial charge is 0.373 e. The lowest BCUT2D eigenvalue weighted by molar-refractivity contribution is -0.191. The highest BCUT2D eigenvalue weighted by atomic mass is 32.1. The van der Waals surface area contributed by atoms with Crippen LogP contribution >= 0.6 is 34.6 Å². The summed E-state index contributed by atoms with van der Waals surface area (Å²) < 4.78 is 14.7. The molecule has 6 aromatic rings. The van der Waals surface area contributed by atoms with Crippen LogP contribution in [0.3, 0.4) is 0 Å². The molecule has 0 saturated heterocycles. The van der Waals surface area contributed by atoms with Gasteiger partial charge in [-0.1, -0.05) is 31.7 Å². The van der Waals surface area contributed by atoms with Gasteiger partial charge < -0.3 is 10.8 Å². The van der Waals surface area contributed by atoms with Crippen molar-refractivity contribution in [2.24, 2.45) is 5.73 Å². The van der Waals surface area contributed by atoms with Crippen LogP contribution in [0.2, 0.25) is 0 Å². The highest BCUT2D eigenvalue weighted by Crippen LogP contribution is 2.18. The molecule has 0 aliphatic rings. The van der Waals surface area contributed by atoms with Gasteiger partial charge in [0.15, 0.2) is 0 Å². The Morgan fingerprint density at radius 3 is 1.66 bits per heavy atom. The third-order valence-electron chi connectivity index (χ3n) is 4.45. The predicted molar refractivity (Wildman–Crippen MR) is 136 cm³/mol. The summed E-state index contributed by atoms with van der Waals surface area (Å²) in [5.41, 5.74) is 11.6. The quantitative estimate of drug-likeness (QED) is 0.341. The molecule has 0 unspecified atom stereocenters. The van der Waals surface area contributed by atoms with E-state index < -0.39 is 0 Å². The lowest BCUT2D eigenvalue weighted by atomic mass is 10.2. The number of fused-ring (bicyclic) bond motifs is 3. The van der Waals surface area contributed by atoms with Gasteiger partial charge in [-0.3, -0.25) is 0 Å². The van der Waals surface area contributed by atoms with E-state index in [2.05, 4.69) is 41.8 Å². The molecule has 0 fully saturated rings. The standard InChI is InChI=1S/C7H7N3S.C7H6N2OS.C7H6N2S.CO2/c8-4-5-1-2-6-7(3-5)11-10-9-6;10-4-5-1-2-6-7(3-5)11-9-8-6;1-5-2-3-6-7(4-5)10-9-8-6;2-1-3/h1-3H,4,8H2;1-3,10H,4H2;2-4H,1H3;. The van der Waals surface area contributed by atoms with Crippen LogP contribution in [0.15, 0.2) is 54.6 Å². The molecule has 3 N–H and O–H groups in total. The number of aliphatic hydroxyl groups excluding tert-OH is 1. The van der Waals surface area contributed by atoms with Crippen molar-refractivity contribution < 1.29 is 14.7 Å². The molecule has 35 heavy (non-hydrogen) atoms. The van der Waals surface area contributed by atoms with Crippen LogP contribution < -0.4 is 5.73 Å². The van der Waals surface area contributed by atoms with Crippen LogP contribution in [-0.4, -0.2) is 40.0 Å². The Kier molecular flexibility index (Phi) is 9.93. The molecule has 3 heterocycles. The SMILES string of the molecule is Cc1ccc2nnsc2c1.NCc1ccc2nnsc2c1.O=C=O.OCc1ccc2nnsc2c1. The fourth-order valence-electron chi connectivity index (χ4n) is 2.76. The second-order valence-corrected chi connectivity index (χ2v) is 9.20. The Morgan fingerprint density at radius 1 is 0.743 bits per heavy atom. The summed E-state index contributed by atoms with van der Waals surface area (Å²) in [7, 11) is 0. The van der Waals surface area contributed by atoms with Gasteiger partial charge in [0.25, 0.3) is 0 Å². The second kappa shape index (κ2) is 13.3. The Hall–Kier alpha value is -3.58. The summed E-state index contributed by atoms with van der Waals surface area (Å²) >= 11 is 4.19. The van der Waals surface area contributed by atoms with Gasteiger partial charge in [-0.15, -0.1) is 15.3 Å². The average Bonchev–Trinajstić information content (AvgIpc) is 3.64. The number of carbonyl (C=O) groups excluding carboxylic acids is 2. The van der Waals surface area contributed by atoms with Crippen LogP contribution in [0.25, 0.3) is 30.6 Å². The van der Waals surface area contributed by atoms with Crippen LogP contribution in [0.4, 0.5) is 0 Å². The monoisotopic (exact) mass is 525 g/mol. The molecule has 178 valence electrons. The molecule has 6 rings (SSSR count). The maximum Gasteiger partial charge on any atom is 0.373 e. The number of rotatable bonds is 2. The van der Waals surface area contributed by atoms with Crippen molar-refractivity contribution in [2.75, 3.05) is 0 Å². The van der Waals surface area contributed by atoms with Gasteiger partial charge in [0.1, 0.15) is 16.6 Å². The highest BCUT2D eigenvalue weighted by molar-refractivity contribution is 7.13. The molecule has 13 heteroatoms. The Labute approximate surface area is 211 Å². The Balaban J connectivity index is 0.000000139. The normalized spacial score (nSPS) is 9.91. The summed E-state index contributed by atoms with van der Waals surface area (Å²) in [5, 5.41) is 20.5. The van der Waals surface area contributed by atoms with Crippen molar-refractivity contribution in [3.63, 3.8) is 0 Å². The number of nitrogens with zero attached hydrogens (tertiary/aromatic N) is 6. The molecular weight excluding hydrogens is 506 g/mol. The summed E-state index contributed by atoms with van der Waals surface area (Å²) in [6.07, 6.45) is 0.250. The van der Waals surface area contributed by atoms with Gasteiger partial charge >= 0.3 is 6.15 Å². The number of aromatic nitrogens is 6. The third-order valence-corrected chi connectivity index (χ3v) is 6.51. The first kappa shape index (κ1) is 26.0. The van der Waals surface area contributed by atoms with E-state index in [1.54, 1.807) is 0 Å². The minimum atomic E-state index is 0.0772. The van der Waals surface area contributed by atoms with Gasteiger partial charge in [-0.2, -0.15) is 9.59 Å². The number of hydrogen-bond acceptors (Lipinski definition) is 13. The van der Waals surface area contributed by atoms with Gasteiger partial charge in [0, 0.05) is 6.54 Å². The minimum Gasteiger partial charge on any atom is -0.392 e. The van der Waals surface area contributed by atoms with Gasteiger partial charge in [0.2, 0.25) is 0 Å². The number of hydrogen-bond donors (Lipinski definition) is 2. The van der Waals surface area contributed by atoms with E-state index in [9.17, 15) is 0 Å². The number of nitrogens with two attached hydrogens (primary N) is 1. The largest absolute Gasteiger partial charge is 0.392 e. The molecule has 0 bridgehead atoms. The molecule has 0 radical (unpaired) electrons. The molecule has 0 atom stereocenters. The maximum absolute atomic E-state index is 8.80. The summed E-state index contributed by atoms with van der Waals surface area (Å²) in [6, 6.07) is 17.7. The van der Waals surface area contributed by atoms with Crippen LogP contribution in [0.1, 0.15) is 16.7 Å². The summed E-state index contributed by atoms with van der Waals surface area (Å²) in [6.45, 7) is 2.72. The fraction of sp³-hybridized carbons (Fsp3) is 0.136. The van der Waals surface area contributed by atoms with E-state index in [0.29, 0.717) is 6.54 Å². The van der Waals surface area contributed by atoms with Crippen molar-refractivity contribution in [3.8, 4) is 0 Å². The topological polar surface area (TPSA) is 158 Å². The Bertz CT molecular complexity index is 1470. The molecule has 10 nitrogen and oxygen atoms in total. The first-order valence-corrected chi connectivity index (χ1v) is 12.3. The molecule has 0 aliphatic carbocycles. The molecule has 3 aromatic heterocycles. The zero-order valence-corrected chi connectivity index (χ0v) is 20.8. The van der Waals surface area contributed by atoms with Gasteiger partial charge in [0.05, 0.1) is 20.7 Å². The zero-order chi connectivity index (χ0) is 25.0. The maximum atomic E-state index is 8.80. The van der Waals surface area contributed by atoms with E-state index in [0.717, 1.165) is 37.1 Å². The van der Waals surface area contributed by atoms with Crippen LogP contribution in [0, 0.1) is 6.92 Å². The molecule has 3 aromatic carbocycles. The van der Waals surface area contributed by atoms with Crippen LogP contribution in [0.5, 0.6) is 0 Å². The first-order valence-electron chi connectivity index (χ1n) is 9.98. The lowest BCUT2D eigenvalue weighted by Gasteiger charge is -1.92. The van der Waals surface area contributed by atoms with Crippen molar-refractivity contribution in [1.82, 2.24) is 28.8 Å². The number of aryl methyl sites for hydroxylation is 1. The molecule has 0 spiro atoms. The lowest BCUT2D eigenvalue weighted by Crippen LogP contribution is -1.94.